The molecule has 0 atom stereocenters. The molecule has 2 rings (SSSR count). The maximum absolute atomic E-state index is 5.97. The number of rotatable bonds is 1. The van der Waals surface area contributed by atoms with Gasteiger partial charge in [0.25, 0.3) is 0 Å². The monoisotopic (exact) mass is 208 g/mol. The number of allylic oxidation sites excluding steroid dienone is 2. The summed E-state index contributed by atoms with van der Waals surface area (Å²) in [7, 11) is -0.122. The molecule has 1 heterocycles. The van der Waals surface area contributed by atoms with Crippen molar-refractivity contribution in [2.75, 3.05) is 0 Å². The van der Waals surface area contributed by atoms with E-state index in [-0.39, 0.29) is 18.3 Å². The van der Waals surface area contributed by atoms with Crippen molar-refractivity contribution in [2.45, 2.75) is 59.2 Å². The predicted molar refractivity (Wildman–Crippen MR) is 62.6 cm³/mol. The quantitative estimate of drug-likeness (QED) is 0.616. The van der Waals surface area contributed by atoms with Gasteiger partial charge in [0.15, 0.2) is 0 Å². The molecule has 0 saturated carbocycles. The summed E-state index contributed by atoms with van der Waals surface area (Å²) in [4.78, 5) is 0. The van der Waals surface area contributed by atoms with Crippen LogP contribution in [-0.4, -0.2) is 18.3 Å². The van der Waals surface area contributed by atoms with E-state index in [2.05, 4.69) is 47.6 Å². The van der Waals surface area contributed by atoms with Gasteiger partial charge in [-0.25, -0.2) is 0 Å². The van der Waals surface area contributed by atoms with Crippen molar-refractivity contribution in [3.8, 4) is 0 Å². The lowest BCUT2D eigenvalue weighted by atomic mass is 9.60. The van der Waals surface area contributed by atoms with Crippen molar-refractivity contribution >= 4 is 7.12 Å². The van der Waals surface area contributed by atoms with E-state index in [0.29, 0.717) is 5.41 Å². The van der Waals surface area contributed by atoms with Gasteiger partial charge in [-0.05, 0) is 45.0 Å². The van der Waals surface area contributed by atoms with E-state index < -0.39 is 0 Å². The van der Waals surface area contributed by atoms with Gasteiger partial charge in [0.05, 0.1) is 11.2 Å². The van der Waals surface area contributed by atoms with Gasteiger partial charge in [0, 0.05) is 0 Å². The summed E-state index contributed by atoms with van der Waals surface area (Å²) < 4.78 is 11.9. The normalized spacial score (nSPS) is 31.1. The van der Waals surface area contributed by atoms with Crippen LogP contribution in [0.2, 0.25) is 0 Å². The predicted octanol–water partition coefficient (Wildman–Crippen LogP) is 2.97. The summed E-state index contributed by atoms with van der Waals surface area (Å²) in [6.45, 7) is 12.9. The lowest BCUT2D eigenvalue weighted by molar-refractivity contribution is 0.00578. The molecule has 0 aromatic carbocycles. The lowest BCUT2D eigenvalue weighted by Gasteiger charge is -2.33. The Bertz CT molecular complexity index is 300. The van der Waals surface area contributed by atoms with Crippen molar-refractivity contribution < 1.29 is 9.31 Å². The third-order valence-corrected chi connectivity index (χ3v) is 3.79. The average Bonchev–Trinajstić information content (AvgIpc) is 2.16. The van der Waals surface area contributed by atoms with E-state index in [0.717, 1.165) is 6.42 Å². The Hall–Kier alpha value is -0.275. The fourth-order valence-corrected chi connectivity index (χ4v) is 2.14. The molecule has 0 bridgehead atoms. The first kappa shape index (κ1) is 11.2. The summed E-state index contributed by atoms with van der Waals surface area (Å²) in [6.07, 6.45) is 3.36. The third kappa shape index (κ3) is 1.76. The van der Waals surface area contributed by atoms with Gasteiger partial charge in [0.1, 0.15) is 0 Å². The van der Waals surface area contributed by atoms with Crippen molar-refractivity contribution in [3.63, 3.8) is 0 Å². The zero-order valence-corrected chi connectivity index (χ0v) is 10.7. The Kier molecular flexibility index (Phi) is 2.16. The van der Waals surface area contributed by atoms with Crippen LogP contribution >= 0.6 is 0 Å². The molecular formula is C12H21BO2. The highest BCUT2D eigenvalue weighted by atomic mass is 16.7. The van der Waals surface area contributed by atoms with E-state index in [1.807, 2.05) is 0 Å². The smallest absolute Gasteiger partial charge is 0.400 e. The van der Waals surface area contributed by atoms with Crippen molar-refractivity contribution in [1.82, 2.24) is 0 Å². The highest BCUT2D eigenvalue weighted by Gasteiger charge is 2.54. The van der Waals surface area contributed by atoms with Gasteiger partial charge in [-0.2, -0.15) is 0 Å². The minimum Gasteiger partial charge on any atom is -0.400 e. The van der Waals surface area contributed by atoms with Crippen molar-refractivity contribution in [1.29, 1.82) is 0 Å². The molecule has 1 aliphatic carbocycles. The van der Waals surface area contributed by atoms with Crippen LogP contribution in [0.25, 0.3) is 0 Å². The van der Waals surface area contributed by atoms with E-state index in [1.54, 1.807) is 0 Å². The van der Waals surface area contributed by atoms with E-state index in [9.17, 15) is 0 Å². The molecule has 84 valence electrons. The summed E-state index contributed by atoms with van der Waals surface area (Å²) in [6, 6.07) is 0. The van der Waals surface area contributed by atoms with Crippen molar-refractivity contribution in [2.24, 2.45) is 5.41 Å². The van der Waals surface area contributed by atoms with Gasteiger partial charge >= 0.3 is 7.12 Å². The molecule has 2 nitrogen and oxygen atoms in total. The first-order valence-electron chi connectivity index (χ1n) is 5.70. The van der Waals surface area contributed by atoms with Gasteiger partial charge in [0.2, 0.25) is 0 Å². The molecule has 0 N–H and O–H groups in total. The number of hydrogen-bond donors (Lipinski definition) is 0. The van der Waals surface area contributed by atoms with Crippen LogP contribution in [0.1, 0.15) is 48.0 Å². The molecule has 1 saturated heterocycles. The highest BCUT2D eigenvalue weighted by Crippen LogP contribution is 2.45. The second kappa shape index (κ2) is 2.89. The molecule has 1 aliphatic heterocycles. The Morgan fingerprint density at radius 1 is 1.00 bits per heavy atom. The topological polar surface area (TPSA) is 18.5 Å². The molecule has 2 aliphatic rings. The zero-order valence-electron chi connectivity index (χ0n) is 10.7. The molecule has 0 unspecified atom stereocenters. The Balaban J connectivity index is 2.12. The first-order valence-corrected chi connectivity index (χ1v) is 5.70. The lowest BCUT2D eigenvalue weighted by Crippen LogP contribution is -2.41. The number of hydrogen-bond acceptors (Lipinski definition) is 2. The van der Waals surface area contributed by atoms with Crippen LogP contribution < -0.4 is 0 Å². The van der Waals surface area contributed by atoms with Crippen LogP contribution in [0.4, 0.5) is 0 Å². The zero-order chi connectivity index (χ0) is 11.5. The van der Waals surface area contributed by atoms with Gasteiger partial charge in [-0.3, -0.25) is 0 Å². The minimum atomic E-state index is -0.210. The average molecular weight is 208 g/mol. The standard InChI is InChI=1S/C12H21BO2/c1-10(2)7-9(8-10)13-14-11(3,4)12(5,6)15-13/h7H,8H2,1-6H3. The molecule has 0 aromatic heterocycles. The summed E-state index contributed by atoms with van der Waals surface area (Å²) in [5.74, 6) is 0. The second-order valence-electron chi connectivity index (χ2n) is 6.47. The molecule has 1 fully saturated rings. The van der Waals surface area contributed by atoms with Gasteiger partial charge in [-0.15, -0.1) is 0 Å². The summed E-state index contributed by atoms with van der Waals surface area (Å²) in [5, 5.41) is 0. The molecule has 3 heteroatoms. The Morgan fingerprint density at radius 3 is 1.73 bits per heavy atom. The maximum atomic E-state index is 5.97. The fraction of sp³-hybridized carbons (Fsp3) is 0.833. The van der Waals surface area contributed by atoms with E-state index in [1.165, 1.54) is 5.47 Å². The molecule has 0 spiro atoms. The maximum Gasteiger partial charge on any atom is 0.490 e. The Morgan fingerprint density at radius 2 is 1.40 bits per heavy atom. The molecular weight excluding hydrogens is 187 g/mol. The fourth-order valence-electron chi connectivity index (χ4n) is 2.14. The first-order chi connectivity index (χ1) is 6.63. The Labute approximate surface area is 93.2 Å². The molecule has 15 heavy (non-hydrogen) atoms. The summed E-state index contributed by atoms with van der Waals surface area (Å²) in [5.41, 5.74) is 1.22. The van der Waals surface area contributed by atoms with Crippen molar-refractivity contribution in [3.05, 3.63) is 11.5 Å². The molecule has 0 amide bonds. The second-order valence-corrected chi connectivity index (χ2v) is 6.47. The largest absolute Gasteiger partial charge is 0.490 e. The SMILES string of the molecule is CC1(C)C=C(B2OC(C)(C)C(C)(C)O2)C1. The summed E-state index contributed by atoms with van der Waals surface area (Å²) >= 11 is 0. The van der Waals surface area contributed by atoms with Crippen LogP contribution in [-0.2, 0) is 9.31 Å². The third-order valence-electron chi connectivity index (χ3n) is 3.79. The van der Waals surface area contributed by atoms with Crippen LogP contribution in [0.15, 0.2) is 11.5 Å². The molecule has 0 radical (unpaired) electrons. The van der Waals surface area contributed by atoms with Crippen LogP contribution in [0.3, 0.4) is 0 Å². The van der Waals surface area contributed by atoms with Crippen LogP contribution in [0.5, 0.6) is 0 Å². The minimum absolute atomic E-state index is 0.122. The van der Waals surface area contributed by atoms with Gasteiger partial charge in [-0.1, -0.05) is 19.9 Å². The van der Waals surface area contributed by atoms with Crippen LogP contribution in [0, 0.1) is 5.41 Å². The van der Waals surface area contributed by atoms with E-state index >= 15 is 0 Å². The highest BCUT2D eigenvalue weighted by molar-refractivity contribution is 6.55. The molecule has 0 aromatic rings. The van der Waals surface area contributed by atoms with E-state index in [4.69, 9.17) is 9.31 Å². The van der Waals surface area contributed by atoms with Gasteiger partial charge < -0.3 is 9.31 Å².